The van der Waals surface area contributed by atoms with E-state index < -0.39 is 28.8 Å². The molecule has 9 nitrogen and oxygen atoms in total. The Bertz CT molecular complexity index is 878. The van der Waals surface area contributed by atoms with E-state index in [0.29, 0.717) is 5.56 Å². The Kier molecular flexibility index (Phi) is 6.21. The molecule has 1 amide bonds. The van der Waals surface area contributed by atoms with Gasteiger partial charge in [-0.05, 0) is 23.8 Å². The van der Waals surface area contributed by atoms with Crippen LogP contribution in [0.25, 0.3) is 0 Å². The second kappa shape index (κ2) is 8.56. The Morgan fingerprint density at radius 1 is 1.15 bits per heavy atom. The minimum atomic E-state index is -1.26. The first-order chi connectivity index (χ1) is 12.8. The molecule has 2 aromatic rings. The summed E-state index contributed by atoms with van der Waals surface area (Å²) in [6, 6.07) is 9.81. The molecule has 0 unspecified atom stereocenters. The van der Waals surface area contributed by atoms with Crippen molar-refractivity contribution in [2.45, 2.75) is 12.5 Å². The van der Waals surface area contributed by atoms with Crippen LogP contribution in [0.3, 0.4) is 0 Å². The lowest BCUT2D eigenvalue weighted by Crippen LogP contribution is -2.42. The molecule has 0 saturated carbocycles. The Balaban J connectivity index is 2.13. The molecule has 0 bridgehead atoms. The number of carboxylic acids is 1. The number of rotatable bonds is 7. The molecule has 9 heteroatoms. The number of nitrogens with one attached hydrogen (secondary N) is 1. The highest BCUT2D eigenvalue weighted by Gasteiger charge is 2.22. The lowest BCUT2D eigenvalue weighted by molar-refractivity contribution is -0.384. The largest absolute Gasteiger partial charge is 0.480 e. The zero-order valence-corrected chi connectivity index (χ0v) is 14.2. The number of nitrogens with zero attached hydrogens (tertiary/aromatic N) is 1. The van der Waals surface area contributed by atoms with E-state index in [0.717, 1.165) is 0 Å². The van der Waals surface area contributed by atoms with E-state index in [4.69, 9.17) is 0 Å². The molecule has 0 aliphatic heterocycles. The highest BCUT2D eigenvalue weighted by Crippen LogP contribution is 2.14. The zero-order valence-electron chi connectivity index (χ0n) is 14.2. The Morgan fingerprint density at radius 2 is 1.78 bits per heavy atom. The minimum absolute atomic E-state index is 0.0598. The number of carbonyl (C=O) groups excluding carboxylic acids is 2. The topological polar surface area (TPSA) is 136 Å². The lowest BCUT2D eigenvalue weighted by Gasteiger charge is -2.15. The van der Waals surface area contributed by atoms with E-state index in [9.17, 15) is 29.6 Å². The number of carbonyl (C=O) groups is 3. The number of methoxy groups -OCH3 is 1. The SMILES string of the molecule is COC(=O)c1cccc(C(=O)N[C@@H](Cc2ccc([N+](=O)[O-])cc2)C(=O)O)c1. The first-order valence-electron chi connectivity index (χ1n) is 7.77. The highest BCUT2D eigenvalue weighted by atomic mass is 16.6. The van der Waals surface area contributed by atoms with Crippen LogP contribution in [0.1, 0.15) is 26.3 Å². The van der Waals surface area contributed by atoms with E-state index in [1.165, 1.54) is 55.6 Å². The summed E-state index contributed by atoms with van der Waals surface area (Å²) < 4.78 is 4.58. The Hall–Kier alpha value is -3.75. The summed E-state index contributed by atoms with van der Waals surface area (Å²) in [6.07, 6.45) is -0.0598. The molecule has 0 radical (unpaired) electrons. The van der Waals surface area contributed by atoms with E-state index in [1.807, 2.05) is 0 Å². The highest BCUT2D eigenvalue weighted by molar-refractivity contribution is 5.99. The molecule has 2 aromatic carbocycles. The third-order valence-corrected chi connectivity index (χ3v) is 3.74. The molecule has 0 fully saturated rings. The predicted molar refractivity (Wildman–Crippen MR) is 93.5 cm³/mol. The smallest absolute Gasteiger partial charge is 0.337 e. The second-order valence-electron chi connectivity index (χ2n) is 5.56. The molecule has 1 atom stereocenters. The van der Waals surface area contributed by atoms with Gasteiger partial charge in [0.2, 0.25) is 0 Å². The van der Waals surface area contributed by atoms with Crippen LogP contribution in [-0.2, 0) is 16.0 Å². The number of benzene rings is 2. The van der Waals surface area contributed by atoms with Crippen LogP contribution in [0.4, 0.5) is 5.69 Å². The van der Waals surface area contributed by atoms with Gasteiger partial charge in [-0.1, -0.05) is 18.2 Å². The summed E-state index contributed by atoms with van der Waals surface area (Å²) in [5.41, 5.74) is 0.658. The number of nitro groups is 1. The van der Waals surface area contributed by atoms with Gasteiger partial charge in [-0.15, -0.1) is 0 Å². The van der Waals surface area contributed by atoms with E-state index in [1.54, 1.807) is 0 Å². The number of carboxylic acid groups (broad SMARTS) is 1. The molecular formula is C18H16N2O7. The number of non-ortho nitro benzene ring substituents is 1. The van der Waals surface area contributed by atoms with E-state index in [2.05, 4.69) is 10.1 Å². The first-order valence-corrected chi connectivity index (χ1v) is 7.77. The molecule has 27 heavy (non-hydrogen) atoms. The number of hydrogen-bond acceptors (Lipinski definition) is 6. The van der Waals surface area contributed by atoms with Crippen molar-refractivity contribution in [2.24, 2.45) is 0 Å². The van der Waals surface area contributed by atoms with Gasteiger partial charge in [0.1, 0.15) is 6.04 Å². The molecular weight excluding hydrogens is 356 g/mol. The van der Waals surface area contributed by atoms with Gasteiger partial charge >= 0.3 is 11.9 Å². The third kappa shape index (κ3) is 5.11. The fourth-order valence-electron chi connectivity index (χ4n) is 2.34. The van der Waals surface area contributed by atoms with Gasteiger partial charge in [0.05, 0.1) is 17.6 Å². The number of ether oxygens (including phenoxy) is 1. The maximum absolute atomic E-state index is 12.3. The Labute approximate surface area is 153 Å². The van der Waals surface area contributed by atoms with Crippen LogP contribution < -0.4 is 5.32 Å². The van der Waals surface area contributed by atoms with Crippen molar-refractivity contribution in [3.05, 3.63) is 75.3 Å². The first kappa shape index (κ1) is 19.6. The summed E-state index contributed by atoms with van der Waals surface area (Å²) in [5, 5.41) is 22.4. The van der Waals surface area contributed by atoms with Gasteiger partial charge in [0.25, 0.3) is 11.6 Å². The van der Waals surface area contributed by atoms with Gasteiger partial charge in [-0.3, -0.25) is 14.9 Å². The van der Waals surface area contributed by atoms with Crippen molar-refractivity contribution in [2.75, 3.05) is 7.11 Å². The van der Waals surface area contributed by atoms with Crippen molar-refractivity contribution >= 4 is 23.5 Å². The van der Waals surface area contributed by atoms with Crippen molar-refractivity contribution in [1.82, 2.24) is 5.32 Å². The maximum atomic E-state index is 12.3. The summed E-state index contributed by atoms with van der Waals surface area (Å²) in [4.78, 5) is 45.5. The fraction of sp³-hybridized carbons (Fsp3) is 0.167. The van der Waals surface area contributed by atoms with Crippen LogP contribution in [0, 0.1) is 10.1 Å². The van der Waals surface area contributed by atoms with Gasteiger partial charge in [-0.2, -0.15) is 0 Å². The molecule has 0 heterocycles. The molecule has 2 rings (SSSR count). The van der Waals surface area contributed by atoms with Crippen LogP contribution in [-0.4, -0.2) is 41.0 Å². The summed E-state index contributed by atoms with van der Waals surface area (Å²) in [6.45, 7) is 0. The minimum Gasteiger partial charge on any atom is -0.480 e. The molecule has 0 spiro atoms. The Morgan fingerprint density at radius 3 is 2.33 bits per heavy atom. The molecule has 140 valence electrons. The maximum Gasteiger partial charge on any atom is 0.337 e. The normalized spacial score (nSPS) is 11.3. The molecule has 0 saturated heterocycles. The van der Waals surface area contributed by atoms with Crippen molar-refractivity contribution in [3.8, 4) is 0 Å². The van der Waals surface area contributed by atoms with Crippen molar-refractivity contribution in [1.29, 1.82) is 0 Å². The molecule has 0 aromatic heterocycles. The summed E-state index contributed by atoms with van der Waals surface area (Å²) >= 11 is 0. The third-order valence-electron chi connectivity index (χ3n) is 3.74. The average Bonchev–Trinajstić information content (AvgIpc) is 2.67. The van der Waals surface area contributed by atoms with Crippen LogP contribution in [0.15, 0.2) is 48.5 Å². The summed E-state index contributed by atoms with van der Waals surface area (Å²) in [7, 11) is 1.21. The van der Waals surface area contributed by atoms with Crippen molar-refractivity contribution in [3.63, 3.8) is 0 Å². The van der Waals surface area contributed by atoms with Crippen LogP contribution >= 0.6 is 0 Å². The van der Waals surface area contributed by atoms with Crippen LogP contribution in [0.2, 0.25) is 0 Å². The van der Waals surface area contributed by atoms with Crippen molar-refractivity contribution < 1.29 is 29.2 Å². The van der Waals surface area contributed by atoms with E-state index >= 15 is 0 Å². The average molecular weight is 372 g/mol. The van der Waals surface area contributed by atoms with Gasteiger partial charge < -0.3 is 15.2 Å². The molecule has 2 N–H and O–H groups in total. The van der Waals surface area contributed by atoms with Crippen LogP contribution in [0.5, 0.6) is 0 Å². The monoisotopic (exact) mass is 372 g/mol. The number of aliphatic carboxylic acids is 1. The van der Waals surface area contributed by atoms with Gasteiger partial charge in [0, 0.05) is 24.1 Å². The number of nitro benzene ring substituents is 1. The fourth-order valence-corrected chi connectivity index (χ4v) is 2.34. The van der Waals surface area contributed by atoms with E-state index in [-0.39, 0.29) is 23.2 Å². The predicted octanol–water partition coefficient (Wildman–Crippen LogP) is 1.81. The second-order valence-corrected chi connectivity index (χ2v) is 5.56. The van der Waals surface area contributed by atoms with Gasteiger partial charge in [0.15, 0.2) is 0 Å². The van der Waals surface area contributed by atoms with Gasteiger partial charge in [-0.25, -0.2) is 9.59 Å². The standard InChI is InChI=1S/C18H16N2O7/c1-27-18(24)13-4-2-3-12(10-13)16(21)19-15(17(22)23)9-11-5-7-14(8-6-11)20(25)26/h2-8,10,15H,9H2,1H3,(H,19,21)(H,22,23)/t15-/m0/s1. The zero-order chi connectivity index (χ0) is 20.0. The molecule has 0 aliphatic carbocycles. The number of amides is 1. The number of esters is 1. The summed E-state index contributed by atoms with van der Waals surface area (Å²) in [5.74, 6) is -2.55. The quantitative estimate of drug-likeness (QED) is 0.430. The number of hydrogen-bond donors (Lipinski definition) is 2. The molecule has 0 aliphatic rings. The lowest BCUT2D eigenvalue weighted by atomic mass is 10.0.